The molecule has 3 nitrogen and oxygen atoms in total. The van der Waals surface area contributed by atoms with Gasteiger partial charge in [-0.05, 0) is 53.1 Å². The van der Waals surface area contributed by atoms with Crippen molar-refractivity contribution in [2.24, 2.45) is 5.92 Å². The van der Waals surface area contributed by atoms with Crippen molar-refractivity contribution in [3.8, 4) is 11.4 Å². The van der Waals surface area contributed by atoms with Gasteiger partial charge in [-0.25, -0.2) is 14.4 Å². The maximum atomic E-state index is 13.2. The molecule has 0 amide bonds. The molecular weight excluding hydrogens is 392 g/mol. The minimum absolute atomic E-state index is 0.0497. The molecule has 1 aromatic carbocycles. The Balaban J connectivity index is 2.51. The number of halogens is 3. The minimum Gasteiger partial charge on any atom is -0.383 e. The normalized spacial score (nSPS) is 11.1. The third-order valence-corrected chi connectivity index (χ3v) is 4.19. The second-order valence-corrected chi connectivity index (χ2v) is 6.41. The van der Waals surface area contributed by atoms with E-state index in [1.54, 1.807) is 6.07 Å². The van der Waals surface area contributed by atoms with Crippen LogP contribution < -0.4 is 5.73 Å². The lowest BCUT2D eigenvalue weighted by Crippen LogP contribution is -2.07. The fourth-order valence-corrected chi connectivity index (χ4v) is 2.44. The van der Waals surface area contributed by atoms with E-state index in [9.17, 15) is 4.39 Å². The SMILES string of the molecule is CC(C)Cc1nc(-c2ccc(F)c(Cl)c2)nc(N)c1I. The highest BCUT2D eigenvalue weighted by Gasteiger charge is 2.13. The molecule has 0 aliphatic rings. The summed E-state index contributed by atoms with van der Waals surface area (Å²) in [6.45, 7) is 4.23. The molecule has 0 saturated heterocycles. The van der Waals surface area contributed by atoms with Crippen molar-refractivity contribution in [3.05, 3.63) is 38.3 Å². The number of aromatic nitrogens is 2. The third kappa shape index (κ3) is 3.38. The Hall–Kier alpha value is -0.950. The Morgan fingerprint density at radius 1 is 1.35 bits per heavy atom. The van der Waals surface area contributed by atoms with Crippen LogP contribution in [0.4, 0.5) is 10.2 Å². The van der Waals surface area contributed by atoms with Gasteiger partial charge in [0.15, 0.2) is 5.82 Å². The quantitative estimate of drug-likeness (QED) is 0.774. The Labute approximate surface area is 135 Å². The van der Waals surface area contributed by atoms with Crippen LogP contribution in [0.15, 0.2) is 18.2 Å². The highest BCUT2D eigenvalue weighted by Crippen LogP contribution is 2.26. The summed E-state index contributed by atoms with van der Waals surface area (Å²) in [6.07, 6.45) is 0.812. The van der Waals surface area contributed by atoms with E-state index in [4.69, 9.17) is 17.3 Å². The summed E-state index contributed by atoms with van der Waals surface area (Å²) in [6, 6.07) is 4.41. The summed E-state index contributed by atoms with van der Waals surface area (Å²) in [5.74, 6) is 0.908. The average Bonchev–Trinajstić information content (AvgIpc) is 2.37. The maximum absolute atomic E-state index is 13.2. The Morgan fingerprint density at radius 3 is 2.65 bits per heavy atom. The lowest BCUT2D eigenvalue weighted by atomic mass is 10.1. The van der Waals surface area contributed by atoms with Gasteiger partial charge in [0, 0.05) is 5.56 Å². The second-order valence-electron chi connectivity index (χ2n) is 4.92. The van der Waals surface area contributed by atoms with Gasteiger partial charge in [0.25, 0.3) is 0 Å². The molecule has 1 heterocycles. The first kappa shape index (κ1) is 15.4. The van der Waals surface area contributed by atoms with E-state index in [0.29, 0.717) is 23.1 Å². The fraction of sp³-hybridized carbons (Fsp3) is 0.286. The number of nitrogen functional groups attached to an aromatic ring is 1. The number of nitrogens with two attached hydrogens (primary N) is 1. The molecule has 0 unspecified atom stereocenters. The van der Waals surface area contributed by atoms with Gasteiger partial charge in [-0.15, -0.1) is 0 Å². The number of benzene rings is 1. The molecule has 0 fully saturated rings. The van der Waals surface area contributed by atoms with Crippen molar-refractivity contribution in [3.63, 3.8) is 0 Å². The Bertz CT molecular complexity index is 647. The summed E-state index contributed by atoms with van der Waals surface area (Å²) in [5, 5.41) is 0.0497. The molecule has 0 aliphatic heterocycles. The van der Waals surface area contributed by atoms with Crippen LogP contribution in [-0.4, -0.2) is 9.97 Å². The predicted octanol–water partition coefficient (Wildman–Crippen LogP) is 4.32. The first-order valence-corrected chi connectivity index (χ1v) is 7.61. The van der Waals surface area contributed by atoms with E-state index >= 15 is 0 Å². The first-order chi connectivity index (χ1) is 9.38. The molecule has 0 bridgehead atoms. The van der Waals surface area contributed by atoms with Crippen molar-refractivity contribution >= 4 is 40.0 Å². The molecule has 1 aromatic heterocycles. The van der Waals surface area contributed by atoms with E-state index in [1.807, 2.05) is 0 Å². The number of nitrogens with zero attached hydrogens (tertiary/aromatic N) is 2. The molecule has 6 heteroatoms. The van der Waals surface area contributed by atoms with Crippen LogP contribution in [0.25, 0.3) is 11.4 Å². The summed E-state index contributed by atoms with van der Waals surface area (Å²) >= 11 is 7.95. The van der Waals surface area contributed by atoms with E-state index in [1.165, 1.54) is 12.1 Å². The standard InChI is InChI=1S/C14H14ClFIN3/c1-7(2)5-11-12(17)13(18)20-14(19-11)8-3-4-10(16)9(15)6-8/h3-4,6-7H,5H2,1-2H3,(H2,18,19,20). The van der Waals surface area contributed by atoms with Crippen molar-refractivity contribution in [2.75, 3.05) is 5.73 Å². The molecule has 20 heavy (non-hydrogen) atoms. The second kappa shape index (κ2) is 6.22. The molecule has 0 spiro atoms. The first-order valence-electron chi connectivity index (χ1n) is 6.15. The molecule has 0 atom stereocenters. The summed E-state index contributed by atoms with van der Waals surface area (Å²) in [4.78, 5) is 8.79. The number of hydrogen-bond acceptors (Lipinski definition) is 3. The van der Waals surface area contributed by atoms with E-state index in [2.05, 4.69) is 46.4 Å². The number of anilines is 1. The molecule has 2 rings (SSSR count). The van der Waals surface area contributed by atoms with Gasteiger partial charge in [-0.3, -0.25) is 0 Å². The van der Waals surface area contributed by atoms with E-state index in [-0.39, 0.29) is 5.02 Å². The molecule has 0 saturated carbocycles. The smallest absolute Gasteiger partial charge is 0.161 e. The highest BCUT2D eigenvalue weighted by atomic mass is 127. The zero-order valence-corrected chi connectivity index (χ0v) is 14.0. The van der Waals surface area contributed by atoms with Gasteiger partial charge in [-0.2, -0.15) is 0 Å². The lowest BCUT2D eigenvalue weighted by molar-refractivity contribution is 0.628. The summed E-state index contributed by atoms with van der Waals surface area (Å²) in [5.41, 5.74) is 7.50. The summed E-state index contributed by atoms with van der Waals surface area (Å²) in [7, 11) is 0. The monoisotopic (exact) mass is 405 g/mol. The van der Waals surface area contributed by atoms with Crippen LogP contribution in [0.2, 0.25) is 5.02 Å². The largest absolute Gasteiger partial charge is 0.383 e. The topological polar surface area (TPSA) is 51.8 Å². The molecule has 0 aliphatic carbocycles. The number of hydrogen-bond donors (Lipinski definition) is 1. The van der Waals surface area contributed by atoms with Crippen LogP contribution >= 0.6 is 34.2 Å². The zero-order chi connectivity index (χ0) is 14.9. The van der Waals surface area contributed by atoms with Crippen molar-refractivity contribution < 1.29 is 4.39 Å². The van der Waals surface area contributed by atoms with Crippen molar-refractivity contribution in [1.29, 1.82) is 0 Å². The van der Waals surface area contributed by atoms with Crippen molar-refractivity contribution in [2.45, 2.75) is 20.3 Å². The van der Waals surface area contributed by atoms with Crippen molar-refractivity contribution in [1.82, 2.24) is 9.97 Å². The maximum Gasteiger partial charge on any atom is 0.161 e. The van der Waals surface area contributed by atoms with Gasteiger partial charge in [0.05, 0.1) is 14.3 Å². The predicted molar refractivity (Wildman–Crippen MR) is 88.1 cm³/mol. The van der Waals surface area contributed by atoms with Gasteiger partial charge < -0.3 is 5.73 Å². The third-order valence-electron chi connectivity index (χ3n) is 2.72. The van der Waals surface area contributed by atoms with Gasteiger partial charge in [-0.1, -0.05) is 25.4 Å². The van der Waals surface area contributed by atoms with Gasteiger partial charge in [0.1, 0.15) is 11.6 Å². The highest BCUT2D eigenvalue weighted by molar-refractivity contribution is 14.1. The van der Waals surface area contributed by atoms with E-state index in [0.717, 1.165) is 15.7 Å². The zero-order valence-electron chi connectivity index (χ0n) is 11.1. The van der Waals surface area contributed by atoms with Crippen LogP contribution in [0.1, 0.15) is 19.5 Å². The molecular formula is C14H14ClFIN3. The van der Waals surface area contributed by atoms with Crippen LogP contribution in [0.3, 0.4) is 0 Å². The van der Waals surface area contributed by atoms with E-state index < -0.39 is 5.82 Å². The van der Waals surface area contributed by atoms with Crippen LogP contribution in [0, 0.1) is 15.3 Å². The Morgan fingerprint density at radius 2 is 2.05 bits per heavy atom. The molecule has 106 valence electrons. The Kier molecular flexibility index (Phi) is 4.80. The van der Waals surface area contributed by atoms with Gasteiger partial charge in [0.2, 0.25) is 0 Å². The molecule has 0 radical (unpaired) electrons. The molecule has 2 N–H and O–H groups in total. The minimum atomic E-state index is -0.462. The molecule has 2 aromatic rings. The number of rotatable bonds is 3. The summed E-state index contributed by atoms with van der Waals surface area (Å²) < 4.78 is 14.1. The average molecular weight is 406 g/mol. The lowest BCUT2D eigenvalue weighted by Gasteiger charge is -2.11. The van der Waals surface area contributed by atoms with Crippen LogP contribution in [-0.2, 0) is 6.42 Å². The van der Waals surface area contributed by atoms with Gasteiger partial charge >= 0.3 is 0 Å². The fourth-order valence-electron chi connectivity index (χ4n) is 1.80. The van der Waals surface area contributed by atoms with Crippen LogP contribution in [0.5, 0.6) is 0 Å².